The SMILES string of the molecule is COCCN1CC(Cc2ccc(C(F)(F)F)cn2)CC1=O. The summed E-state index contributed by atoms with van der Waals surface area (Å²) in [4.78, 5) is 17.3. The van der Waals surface area contributed by atoms with Crippen molar-refractivity contribution >= 4 is 5.91 Å². The maximum Gasteiger partial charge on any atom is 0.417 e. The van der Waals surface area contributed by atoms with Gasteiger partial charge in [-0.3, -0.25) is 9.78 Å². The number of likely N-dealkylation sites (tertiary alicyclic amines) is 1. The Morgan fingerprint density at radius 3 is 2.76 bits per heavy atom. The van der Waals surface area contributed by atoms with Crippen LogP contribution >= 0.6 is 0 Å². The monoisotopic (exact) mass is 302 g/mol. The largest absolute Gasteiger partial charge is 0.417 e. The minimum Gasteiger partial charge on any atom is -0.383 e. The molecular formula is C14H17F3N2O2. The number of rotatable bonds is 5. The maximum absolute atomic E-state index is 12.4. The highest BCUT2D eigenvalue weighted by Crippen LogP contribution is 2.29. The van der Waals surface area contributed by atoms with Gasteiger partial charge in [0, 0.05) is 38.5 Å². The topological polar surface area (TPSA) is 42.4 Å². The van der Waals surface area contributed by atoms with E-state index in [4.69, 9.17) is 4.74 Å². The fourth-order valence-corrected chi connectivity index (χ4v) is 2.42. The lowest BCUT2D eigenvalue weighted by molar-refractivity contribution is -0.137. The molecule has 0 bridgehead atoms. The number of pyridine rings is 1. The summed E-state index contributed by atoms with van der Waals surface area (Å²) in [6.07, 6.45) is -2.61. The molecule has 7 heteroatoms. The zero-order valence-electron chi connectivity index (χ0n) is 11.7. The van der Waals surface area contributed by atoms with E-state index in [0.717, 1.165) is 12.3 Å². The minimum atomic E-state index is -4.37. The van der Waals surface area contributed by atoms with E-state index in [1.807, 2.05) is 0 Å². The summed E-state index contributed by atoms with van der Waals surface area (Å²) in [5, 5.41) is 0. The molecule has 0 N–H and O–H groups in total. The number of carbonyl (C=O) groups is 1. The molecule has 0 aliphatic carbocycles. The Kier molecular flexibility index (Phi) is 4.82. The summed E-state index contributed by atoms with van der Waals surface area (Å²) >= 11 is 0. The first-order valence-corrected chi connectivity index (χ1v) is 6.69. The molecule has 0 spiro atoms. The molecule has 1 amide bonds. The summed E-state index contributed by atoms with van der Waals surface area (Å²) in [7, 11) is 1.57. The van der Waals surface area contributed by atoms with Crippen molar-refractivity contribution < 1.29 is 22.7 Å². The predicted molar refractivity (Wildman–Crippen MR) is 69.5 cm³/mol. The molecular weight excluding hydrogens is 285 g/mol. The minimum absolute atomic E-state index is 0.0592. The van der Waals surface area contributed by atoms with Gasteiger partial charge in [0.1, 0.15) is 0 Å². The summed E-state index contributed by atoms with van der Waals surface area (Å²) in [6, 6.07) is 2.41. The number of carbonyl (C=O) groups excluding carboxylic acids is 1. The third-order valence-corrected chi connectivity index (χ3v) is 3.51. The van der Waals surface area contributed by atoms with Gasteiger partial charge in [-0.2, -0.15) is 13.2 Å². The lowest BCUT2D eigenvalue weighted by atomic mass is 10.0. The number of alkyl halides is 3. The normalized spacial score (nSPS) is 19.3. The number of aromatic nitrogens is 1. The van der Waals surface area contributed by atoms with Crippen LogP contribution in [0.2, 0.25) is 0 Å². The molecule has 21 heavy (non-hydrogen) atoms. The molecule has 1 aromatic heterocycles. The van der Waals surface area contributed by atoms with Crippen molar-refractivity contribution in [1.82, 2.24) is 9.88 Å². The zero-order valence-corrected chi connectivity index (χ0v) is 11.7. The van der Waals surface area contributed by atoms with E-state index in [1.54, 1.807) is 12.0 Å². The number of hydrogen-bond donors (Lipinski definition) is 0. The van der Waals surface area contributed by atoms with Crippen LogP contribution in [0.1, 0.15) is 17.7 Å². The Bertz CT molecular complexity index is 488. The third-order valence-electron chi connectivity index (χ3n) is 3.51. The molecule has 0 saturated carbocycles. The molecule has 1 aliphatic rings. The van der Waals surface area contributed by atoms with Crippen molar-refractivity contribution in [3.63, 3.8) is 0 Å². The molecule has 2 rings (SSSR count). The molecule has 1 aromatic rings. The number of amides is 1. The fourth-order valence-electron chi connectivity index (χ4n) is 2.42. The van der Waals surface area contributed by atoms with Crippen LogP contribution in [0.15, 0.2) is 18.3 Å². The molecule has 116 valence electrons. The van der Waals surface area contributed by atoms with Crippen LogP contribution in [0.5, 0.6) is 0 Å². The molecule has 1 atom stereocenters. The standard InChI is InChI=1S/C14H17F3N2O2/c1-21-5-4-19-9-10(7-13(19)20)6-12-3-2-11(8-18-12)14(15,16)17/h2-3,8,10H,4-7,9H2,1H3. The van der Waals surface area contributed by atoms with Crippen molar-refractivity contribution in [2.45, 2.75) is 19.0 Å². The lowest BCUT2D eigenvalue weighted by Crippen LogP contribution is -2.28. The van der Waals surface area contributed by atoms with Gasteiger partial charge in [-0.05, 0) is 24.5 Å². The average Bonchev–Trinajstić information content (AvgIpc) is 2.76. The van der Waals surface area contributed by atoms with Gasteiger partial charge in [0.05, 0.1) is 12.2 Å². The Labute approximate surface area is 120 Å². The quantitative estimate of drug-likeness (QED) is 0.837. The Hall–Kier alpha value is -1.63. The van der Waals surface area contributed by atoms with E-state index in [2.05, 4.69) is 4.98 Å². The van der Waals surface area contributed by atoms with Crippen molar-refractivity contribution in [3.8, 4) is 0 Å². The summed E-state index contributed by atoms with van der Waals surface area (Å²) < 4.78 is 42.3. The van der Waals surface area contributed by atoms with Gasteiger partial charge in [-0.1, -0.05) is 0 Å². The van der Waals surface area contributed by atoms with Gasteiger partial charge in [0.25, 0.3) is 0 Å². The van der Waals surface area contributed by atoms with Crippen LogP contribution in [0, 0.1) is 5.92 Å². The fraction of sp³-hybridized carbons (Fsp3) is 0.571. The smallest absolute Gasteiger partial charge is 0.383 e. The first-order chi connectivity index (χ1) is 9.90. The van der Waals surface area contributed by atoms with E-state index in [9.17, 15) is 18.0 Å². The van der Waals surface area contributed by atoms with Gasteiger partial charge >= 0.3 is 6.18 Å². The molecule has 1 unspecified atom stereocenters. The average molecular weight is 302 g/mol. The van der Waals surface area contributed by atoms with Gasteiger partial charge in [-0.15, -0.1) is 0 Å². The van der Waals surface area contributed by atoms with Crippen LogP contribution in [0.25, 0.3) is 0 Å². The molecule has 1 fully saturated rings. The number of ether oxygens (including phenoxy) is 1. The predicted octanol–water partition coefficient (Wildman–Crippen LogP) is 2.14. The summed E-state index contributed by atoms with van der Waals surface area (Å²) in [6.45, 7) is 1.63. The van der Waals surface area contributed by atoms with Crippen molar-refractivity contribution in [2.75, 3.05) is 26.8 Å². The second-order valence-corrected chi connectivity index (χ2v) is 5.14. The van der Waals surface area contributed by atoms with Crippen molar-refractivity contribution in [3.05, 3.63) is 29.6 Å². The first-order valence-electron chi connectivity index (χ1n) is 6.69. The second kappa shape index (κ2) is 6.43. The molecule has 0 radical (unpaired) electrons. The molecule has 1 saturated heterocycles. The highest BCUT2D eigenvalue weighted by molar-refractivity contribution is 5.78. The van der Waals surface area contributed by atoms with Crippen molar-refractivity contribution in [1.29, 1.82) is 0 Å². The van der Waals surface area contributed by atoms with E-state index >= 15 is 0 Å². The van der Waals surface area contributed by atoms with E-state index in [0.29, 0.717) is 38.2 Å². The lowest BCUT2D eigenvalue weighted by Gasteiger charge is -2.15. The molecule has 2 heterocycles. The van der Waals surface area contributed by atoms with E-state index < -0.39 is 11.7 Å². The third kappa shape index (κ3) is 4.17. The van der Waals surface area contributed by atoms with Crippen molar-refractivity contribution in [2.24, 2.45) is 5.92 Å². The van der Waals surface area contributed by atoms with Gasteiger partial charge in [0.15, 0.2) is 0 Å². The van der Waals surface area contributed by atoms with E-state index in [-0.39, 0.29) is 11.8 Å². The Balaban J connectivity index is 1.92. The van der Waals surface area contributed by atoms with Crippen LogP contribution in [-0.4, -0.2) is 42.6 Å². The van der Waals surface area contributed by atoms with Gasteiger partial charge in [0.2, 0.25) is 5.91 Å². The van der Waals surface area contributed by atoms with E-state index in [1.165, 1.54) is 6.07 Å². The summed E-state index contributed by atoms with van der Waals surface area (Å²) in [5.74, 6) is 0.155. The molecule has 4 nitrogen and oxygen atoms in total. The highest BCUT2D eigenvalue weighted by atomic mass is 19.4. The zero-order chi connectivity index (χ0) is 15.5. The highest BCUT2D eigenvalue weighted by Gasteiger charge is 2.32. The number of methoxy groups -OCH3 is 1. The Morgan fingerprint density at radius 2 is 2.19 bits per heavy atom. The number of halogens is 3. The number of nitrogens with zero attached hydrogens (tertiary/aromatic N) is 2. The van der Waals surface area contributed by atoms with Crippen LogP contribution in [-0.2, 0) is 22.1 Å². The Morgan fingerprint density at radius 1 is 1.43 bits per heavy atom. The maximum atomic E-state index is 12.4. The first kappa shape index (κ1) is 15.8. The molecule has 0 aromatic carbocycles. The van der Waals surface area contributed by atoms with Crippen LogP contribution < -0.4 is 0 Å². The van der Waals surface area contributed by atoms with Gasteiger partial charge in [-0.25, -0.2) is 0 Å². The second-order valence-electron chi connectivity index (χ2n) is 5.14. The van der Waals surface area contributed by atoms with Gasteiger partial charge < -0.3 is 9.64 Å². The summed E-state index contributed by atoms with van der Waals surface area (Å²) in [5.41, 5.74) is -0.176. The van der Waals surface area contributed by atoms with Crippen LogP contribution in [0.3, 0.4) is 0 Å². The molecule has 1 aliphatic heterocycles. The number of hydrogen-bond acceptors (Lipinski definition) is 3. The van der Waals surface area contributed by atoms with Crippen LogP contribution in [0.4, 0.5) is 13.2 Å².